The zero-order valence-electron chi connectivity index (χ0n) is 10.4. The van der Waals surface area contributed by atoms with E-state index < -0.39 is 15.8 Å². The first-order valence-corrected chi connectivity index (χ1v) is 7.60. The van der Waals surface area contributed by atoms with Gasteiger partial charge in [0.25, 0.3) is 0 Å². The quantitative estimate of drug-likeness (QED) is 0.813. The molecule has 3 N–H and O–H groups in total. The molecule has 19 heavy (non-hydrogen) atoms. The van der Waals surface area contributed by atoms with E-state index in [2.05, 4.69) is 4.72 Å². The Bertz CT molecular complexity index is 542. The molecule has 106 valence electrons. The van der Waals surface area contributed by atoms with Crippen LogP contribution in [0.5, 0.6) is 0 Å². The fraction of sp³-hybridized carbons (Fsp3) is 0.500. The molecule has 7 heteroatoms. The second-order valence-corrected chi connectivity index (χ2v) is 6.39. The second-order valence-electron chi connectivity index (χ2n) is 4.62. The van der Waals surface area contributed by atoms with Gasteiger partial charge in [0.1, 0.15) is 5.82 Å². The highest BCUT2D eigenvalue weighted by molar-refractivity contribution is 7.89. The Morgan fingerprint density at radius 3 is 2.89 bits per heavy atom. The van der Waals surface area contributed by atoms with E-state index in [1.807, 2.05) is 0 Å². The minimum atomic E-state index is -3.70. The molecule has 1 aliphatic heterocycles. The molecular weight excluding hydrogens is 271 g/mol. The minimum absolute atomic E-state index is 0.0698. The summed E-state index contributed by atoms with van der Waals surface area (Å²) in [4.78, 5) is -0.115. The van der Waals surface area contributed by atoms with Gasteiger partial charge in [-0.3, -0.25) is 0 Å². The standard InChI is InChI=1S/C12H17FN2O3S/c13-11-6-10(3-4-12(11)14)19(16,17)15-7-9-2-1-5-18-8-9/h3-4,6,9,15H,1-2,5,7-8,14H2. The maximum Gasteiger partial charge on any atom is 0.240 e. The number of nitrogen functional groups attached to an aromatic ring is 1. The molecule has 0 aromatic heterocycles. The van der Waals surface area contributed by atoms with Crippen LogP contribution in [0.15, 0.2) is 23.1 Å². The van der Waals surface area contributed by atoms with Gasteiger partial charge >= 0.3 is 0 Å². The lowest BCUT2D eigenvalue weighted by molar-refractivity contribution is 0.0568. The monoisotopic (exact) mass is 288 g/mol. The molecule has 1 aromatic rings. The molecule has 1 unspecified atom stereocenters. The third-order valence-electron chi connectivity index (χ3n) is 3.10. The van der Waals surface area contributed by atoms with Gasteiger partial charge in [-0.1, -0.05) is 0 Å². The fourth-order valence-electron chi connectivity index (χ4n) is 1.95. The Labute approximate surface area is 112 Å². The average molecular weight is 288 g/mol. The van der Waals surface area contributed by atoms with E-state index in [1.165, 1.54) is 12.1 Å². The van der Waals surface area contributed by atoms with Crippen molar-refractivity contribution in [3.63, 3.8) is 0 Å². The third kappa shape index (κ3) is 3.65. The van der Waals surface area contributed by atoms with E-state index >= 15 is 0 Å². The number of halogens is 1. The second kappa shape index (κ2) is 5.85. The third-order valence-corrected chi connectivity index (χ3v) is 4.52. The van der Waals surface area contributed by atoms with E-state index in [1.54, 1.807) is 0 Å². The summed E-state index contributed by atoms with van der Waals surface area (Å²) in [6.07, 6.45) is 1.86. The van der Waals surface area contributed by atoms with E-state index in [4.69, 9.17) is 10.5 Å². The van der Waals surface area contributed by atoms with Crippen molar-refractivity contribution in [2.75, 3.05) is 25.5 Å². The Morgan fingerprint density at radius 1 is 1.47 bits per heavy atom. The number of hydrogen-bond acceptors (Lipinski definition) is 4. The predicted molar refractivity (Wildman–Crippen MR) is 69.5 cm³/mol. The van der Waals surface area contributed by atoms with Gasteiger partial charge in [-0.25, -0.2) is 17.5 Å². The van der Waals surface area contributed by atoms with Crippen LogP contribution in [0.3, 0.4) is 0 Å². The number of sulfonamides is 1. The predicted octanol–water partition coefficient (Wildman–Crippen LogP) is 1.11. The van der Waals surface area contributed by atoms with Crippen molar-refractivity contribution < 1.29 is 17.5 Å². The normalized spacial score (nSPS) is 20.4. The Kier molecular flexibility index (Phi) is 4.38. The van der Waals surface area contributed by atoms with Crippen molar-refractivity contribution in [2.45, 2.75) is 17.7 Å². The Hall–Kier alpha value is -1.18. The average Bonchev–Trinajstić information content (AvgIpc) is 2.41. The maximum absolute atomic E-state index is 13.3. The molecular formula is C12H17FN2O3S. The van der Waals surface area contributed by atoms with E-state index in [-0.39, 0.29) is 16.5 Å². The smallest absolute Gasteiger partial charge is 0.240 e. The van der Waals surface area contributed by atoms with Gasteiger partial charge in [0.15, 0.2) is 0 Å². The SMILES string of the molecule is Nc1ccc(S(=O)(=O)NCC2CCCOC2)cc1F. The van der Waals surface area contributed by atoms with Crippen molar-refractivity contribution >= 4 is 15.7 Å². The Morgan fingerprint density at radius 2 is 2.26 bits per heavy atom. The van der Waals surface area contributed by atoms with Crippen molar-refractivity contribution in [1.29, 1.82) is 0 Å². The molecule has 1 heterocycles. The Balaban J connectivity index is 2.02. The molecule has 1 aromatic carbocycles. The summed E-state index contributed by atoms with van der Waals surface area (Å²) < 4.78 is 45.0. The van der Waals surface area contributed by atoms with Gasteiger partial charge in [-0.05, 0) is 37.0 Å². The van der Waals surface area contributed by atoms with E-state index in [0.29, 0.717) is 13.2 Å². The molecule has 0 aliphatic carbocycles. The summed E-state index contributed by atoms with van der Waals surface area (Å²) in [5.74, 6) is -0.564. The van der Waals surface area contributed by atoms with Gasteiger partial charge in [-0.15, -0.1) is 0 Å². The molecule has 0 radical (unpaired) electrons. The van der Waals surface area contributed by atoms with Crippen LogP contribution >= 0.6 is 0 Å². The zero-order valence-corrected chi connectivity index (χ0v) is 11.2. The molecule has 1 atom stereocenters. The number of nitrogens with two attached hydrogens (primary N) is 1. The van der Waals surface area contributed by atoms with E-state index in [9.17, 15) is 12.8 Å². The first-order valence-electron chi connectivity index (χ1n) is 6.11. The van der Waals surface area contributed by atoms with E-state index in [0.717, 1.165) is 25.5 Å². The summed E-state index contributed by atoms with van der Waals surface area (Å²) in [6.45, 7) is 1.58. The lowest BCUT2D eigenvalue weighted by Crippen LogP contribution is -2.33. The maximum atomic E-state index is 13.3. The molecule has 0 amide bonds. The fourth-order valence-corrected chi connectivity index (χ4v) is 3.08. The van der Waals surface area contributed by atoms with Crippen molar-refractivity contribution in [3.05, 3.63) is 24.0 Å². The summed E-state index contributed by atoms with van der Waals surface area (Å²) in [5.41, 5.74) is 5.25. The molecule has 1 aliphatic rings. The van der Waals surface area contributed by atoms with Crippen LogP contribution in [0.2, 0.25) is 0 Å². The summed E-state index contributed by atoms with van der Waals surface area (Å²) in [7, 11) is -3.70. The van der Waals surface area contributed by atoms with Crippen molar-refractivity contribution in [1.82, 2.24) is 4.72 Å². The first-order chi connectivity index (χ1) is 8.99. The van der Waals surface area contributed by atoms with Crippen LogP contribution in [-0.2, 0) is 14.8 Å². The summed E-state index contributed by atoms with van der Waals surface area (Å²) in [5, 5.41) is 0. The number of hydrogen-bond donors (Lipinski definition) is 2. The van der Waals surface area contributed by atoms with Crippen molar-refractivity contribution in [3.8, 4) is 0 Å². The molecule has 0 bridgehead atoms. The lowest BCUT2D eigenvalue weighted by Gasteiger charge is -2.22. The highest BCUT2D eigenvalue weighted by Crippen LogP contribution is 2.17. The molecule has 2 rings (SSSR count). The minimum Gasteiger partial charge on any atom is -0.396 e. The number of anilines is 1. The topological polar surface area (TPSA) is 81.4 Å². The van der Waals surface area contributed by atoms with Crippen LogP contribution in [-0.4, -0.2) is 28.2 Å². The van der Waals surface area contributed by atoms with Gasteiger partial charge in [0.2, 0.25) is 10.0 Å². The van der Waals surface area contributed by atoms with Gasteiger partial charge in [0.05, 0.1) is 17.2 Å². The zero-order chi connectivity index (χ0) is 13.9. The molecule has 1 fully saturated rings. The van der Waals surface area contributed by atoms with Gasteiger partial charge in [0, 0.05) is 13.2 Å². The number of nitrogens with one attached hydrogen (secondary N) is 1. The van der Waals surface area contributed by atoms with Gasteiger partial charge < -0.3 is 10.5 Å². The lowest BCUT2D eigenvalue weighted by atomic mass is 10.0. The largest absolute Gasteiger partial charge is 0.396 e. The van der Waals surface area contributed by atoms with Crippen LogP contribution < -0.4 is 10.5 Å². The molecule has 0 saturated carbocycles. The van der Waals surface area contributed by atoms with Crippen LogP contribution in [0, 0.1) is 11.7 Å². The van der Waals surface area contributed by atoms with Gasteiger partial charge in [-0.2, -0.15) is 0 Å². The van der Waals surface area contributed by atoms with Crippen molar-refractivity contribution in [2.24, 2.45) is 5.92 Å². The van der Waals surface area contributed by atoms with Crippen LogP contribution in [0.25, 0.3) is 0 Å². The number of benzene rings is 1. The molecule has 0 spiro atoms. The number of ether oxygens (including phenoxy) is 1. The highest BCUT2D eigenvalue weighted by Gasteiger charge is 2.19. The number of rotatable bonds is 4. The first kappa shape index (κ1) is 14.2. The summed E-state index contributed by atoms with van der Waals surface area (Å²) in [6, 6.07) is 3.46. The molecule has 1 saturated heterocycles. The molecule has 5 nitrogen and oxygen atoms in total. The van der Waals surface area contributed by atoms with Crippen LogP contribution in [0.1, 0.15) is 12.8 Å². The highest BCUT2D eigenvalue weighted by atomic mass is 32.2. The van der Waals surface area contributed by atoms with Crippen LogP contribution in [0.4, 0.5) is 10.1 Å². The summed E-state index contributed by atoms with van der Waals surface area (Å²) >= 11 is 0.